The van der Waals surface area contributed by atoms with Crippen molar-refractivity contribution < 1.29 is 13.2 Å². The zero-order valence-electron chi connectivity index (χ0n) is 10.8. The number of H-pyrrole nitrogens is 1. The van der Waals surface area contributed by atoms with Crippen molar-refractivity contribution in [2.75, 3.05) is 0 Å². The molecule has 1 N–H and O–H groups in total. The summed E-state index contributed by atoms with van der Waals surface area (Å²) in [5.41, 5.74) is 1.18. The molecule has 0 bridgehead atoms. The molecule has 0 aliphatic heterocycles. The van der Waals surface area contributed by atoms with E-state index in [2.05, 4.69) is 4.98 Å². The minimum Gasteiger partial charge on any atom is -0.331 e. The zero-order chi connectivity index (χ0) is 15.0. The maximum Gasteiger partial charge on any atom is 0.416 e. The molecule has 0 unspecified atom stereocenters. The maximum absolute atomic E-state index is 13.0. The number of rotatable bonds is 2. The van der Waals surface area contributed by atoms with E-state index in [9.17, 15) is 13.2 Å². The Kier molecular flexibility index (Phi) is 3.33. The van der Waals surface area contributed by atoms with E-state index in [0.717, 1.165) is 17.1 Å². The first-order chi connectivity index (χ1) is 9.97. The van der Waals surface area contributed by atoms with E-state index >= 15 is 0 Å². The number of nitrogens with one attached hydrogen (secondary N) is 1. The van der Waals surface area contributed by atoms with Crippen LogP contribution in [-0.2, 0) is 12.7 Å². The fourth-order valence-corrected chi connectivity index (χ4v) is 2.64. The van der Waals surface area contributed by atoms with Crippen LogP contribution in [0, 0.1) is 4.77 Å². The van der Waals surface area contributed by atoms with Crippen molar-refractivity contribution in [3.63, 3.8) is 0 Å². The van der Waals surface area contributed by atoms with Crippen molar-refractivity contribution >= 4 is 23.3 Å². The Morgan fingerprint density at radius 2 is 1.67 bits per heavy atom. The number of benzene rings is 2. The van der Waals surface area contributed by atoms with Crippen LogP contribution in [-0.4, -0.2) is 9.55 Å². The van der Waals surface area contributed by atoms with Crippen LogP contribution in [0.3, 0.4) is 0 Å². The van der Waals surface area contributed by atoms with Crippen LogP contribution < -0.4 is 0 Å². The Labute approximate surface area is 123 Å². The SMILES string of the molecule is FC(F)(F)c1ccccc1Cn1c(=S)[nH]c2ccccc21. The van der Waals surface area contributed by atoms with E-state index in [1.54, 1.807) is 10.6 Å². The molecule has 0 spiro atoms. The molecule has 0 fully saturated rings. The van der Waals surface area contributed by atoms with Gasteiger partial charge >= 0.3 is 6.18 Å². The van der Waals surface area contributed by atoms with Gasteiger partial charge in [0.1, 0.15) is 0 Å². The molecule has 3 rings (SSSR count). The van der Waals surface area contributed by atoms with Crippen molar-refractivity contribution in [3.05, 3.63) is 64.4 Å². The van der Waals surface area contributed by atoms with Gasteiger partial charge in [-0.3, -0.25) is 0 Å². The summed E-state index contributed by atoms with van der Waals surface area (Å²) in [5, 5.41) is 0. The number of aromatic amines is 1. The summed E-state index contributed by atoms with van der Waals surface area (Å²) in [4.78, 5) is 3.00. The fraction of sp³-hybridized carbons (Fsp3) is 0.133. The lowest BCUT2D eigenvalue weighted by atomic mass is 10.1. The molecule has 0 radical (unpaired) electrons. The van der Waals surface area contributed by atoms with Crippen LogP contribution in [0.5, 0.6) is 0 Å². The average Bonchev–Trinajstić information content (AvgIpc) is 2.75. The van der Waals surface area contributed by atoms with Crippen molar-refractivity contribution in [1.29, 1.82) is 0 Å². The van der Waals surface area contributed by atoms with Crippen LogP contribution in [0.25, 0.3) is 11.0 Å². The van der Waals surface area contributed by atoms with E-state index in [-0.39, 0.29) is 12.1 Å². The number of halogens is 3. The van der Waals surface area contributed by atoms with Crippen molar-refractivity contribution in [2.45, 2.75) is 12.7 Å². The molecule has 0 aliphatic carbocycles. The van der Waals surface area contributed by atoms with Gasteiger partial charge < -0.3 is 9.55 Å². The molecule has 3 aromatic rings. The second-order valence-corrected chi connectivity index (χ2v) is 5.08. The van der Waals surface area contributed by atoms with Gasteiger partial charge in [-0.05, 0) is 36.0 Å². The van der Waals surface area contributed by atoms with Gasteiger partial charge in [-0.2, -0.15) is 13.2 Å². The summed E-state index contributed by atoms with van der Waals surface area (Å²) in [6, 6.07) is 12.9. The van der Waals surface area contributed by atoms with E-state index in [4.69, 9.17) is 12.2 Å². The summed E-state index contributed by atoms with van der Waals surface area (Å²) >= 11 is 5.21. The summed E-state index contributed by atoms with van der Waals surface area (Å²) in [7, 11) is 0. The van der Waals surface area contributed by atoms with Crippen LogP contribution >= 0.6 is 12.2 Å². The highest BCUT2D eigenvalue weighted by Gasteiger charge is 2.32. The summed E-state index contributed by atoms with van der Waals surface area (Å²) < 4.78 is 41.2. The van der Waals surface area contributed by atoms with E-state index in [1.165, 1.54) is 12.1 Å². The molecule has 0 atom stereocenters. The molecular weight excluding hydrogens is 297 g/mol. The van der Waals surface area contributed by atoms with E-state index in [0.29, 0.717) is 4.77 Å². The zero-order valence-corrected chi connectivity index (χ0v) is 11.6. The Hall–Kier alpha value is -2.08. The van der Waals surface area contributed by atoms with Crippen molar-refractivity contribution in [1.82, 2.24) is 9.55 Å². The molecule has 0 aliphatic rings. The van der Waals surface area contributed by atoms with Crippen molar-refractivity contribution in [3.8, 4) is 0 Å². The highest BCUT2D eigenvalue weighted by atomic mass is 32.1. The predicted molar refractivity (Wildman–Crippen MR) is 77.7 cm³/mol. The lowest BCUT2D eigenvalue weighted by Gasteiger charge is -2.13. The molecule has 108 valence electrons. The molecule has 1 heterocycles. The number of hydrogen-bond acceptors (Lipinski definition) is 1. The maximum atomic E-state index is 13.0. The summed E-state index contributed by atoms with van der Waals surface area (Å²) in [6.45, 7) is 0.0819. The smallest absolute Gasteiger partial charge is 0.331 e. The third kappa shape index (κ3) is 2.58. The lowest BCUT2D eigenvalue weighted by Crippen LogP contribution is -2.11. The molecule has 6 heteroatoms. The highest BCUT2D eigenvalue weighted by molar-refractivity contribution is 7.71. The van der Waals surface area contributed by atoms with E-state index < -0.39 is 11.7 Å². The Morgan fingerprint density at radius 1 is 1.00 bits per heavy atom. The lowest BCUT2D eigenvalue weighted by molar-refractivity contribution is -0.138. The monoisotopic (exact) mass is 308 g/mol. The van der Waals surface area contributed by atoms with Crippen LogP contribution in [0.4, 0.5) is 13.2 Å². The van der Waals surface area contributed by atoms with Gasteiger partial charge in [0.25, 0.3) is 0 Å². The number of imidazole rings is 1. The van der Waals surface area contributed by atoms with Crippen LogP contribution in [0.2, 0.25) is 0 Å². The minimum absolute atomic E-state index is 0.0819. The molecule has 2 aromatic carbocycles. The average molecular weight is 308 g/mol. The number of aromatic nitrogens is 2. The molecule has 2 nitrogen and oxygen atoms in total. The van der Waals surface area contributed by atoms with Crippen LogP contribution in [0.15, 0.2) is 48.5 Å². The molecule has 0 saturated carbocycles. The van der Waals surface area contributed by atoms with Crippen LogP contribution in [0.1, 0.15) is 11.1 Å². The molecule has 21 heavy (non-hydrogen) atoms. The molecule has 0 amide bonds. The fourth-order valence-electron chi connectivity index (χ4n) is 2.37. The molecular formula is C15H11F3N2S. The van der Waals surface area contributed by atoms with Gasteiger partial charge in [0.05, 0.1) is 23.1 Å². The second-order valence-electron chi connectivity index (χ2n) is 4.69. The number of nitrogens with zero attached hydrogens (tertiary/aromatic N) is 1. The highest BCUT2D eigenvalue weighted by Crippen LogP contribution is 2.32. The van der Waals surface area contributed by atoms with Gasteiger partial charge in [0.2, 0.25) is 0 Å². The number of alkyl halides is 3. The Morgan fingerprint density at radius 3 is 2.43 bits per heavy atom. The Balaban J connectivity index is 2.12. The predicted octanol–water partition coefficient (Wildman–Crippen LogP) is 4.77. The summed E-state index contributed by atoms with van der Waals surface area (Å²) in [5.74, 6) is 0. The molecule has 0 saturated heterocycles. The first-order valence-corrected chi connectivity index (χ1v) is 6.70. The van der Waals surface area contributed by atoms with Crippen molar-refractivity contribution in [2.24, 2.45) is 0 Å². The molecule has 1 aromatic heterocycles. The minimum atomic E-state index is -4.37. The van der Waals surface area contributed by atoms with Gasteiger partial charge in [-0.1, -0.05) is 30.3 Å². The van der Waals surface area contributed by atoms with E-state index in [1.807, 2.05) is 24.3 Å². The second kappa shape index (κ2) is 5.04. The van der Waals surface area contributed by atoms with Gasteiger partial charge in [-0.25, -0.2) is 0 Å². The summed E-state index contributed by atoms with van der Waals surface area (Å²) in [6.07, 6.45) is -4.37. The third-order valence-corrected chi connectivity index (χ3v) is 3.66. The Bertz CT molecular complexity index is 846. The largest absolute Gasteiger partial charge is 0.416 e. The number of fused-ring (bicyclic) bond motifs is 1. The first-order valence-electron chi connectivity index (χ1n) is 6.29. The number of para-hydroxylation sites is 2. The third-order valence-electron chi connectivity index (χ3n) is 3.33. The van der Waals surface area contributed by atoms with Gasteiger partial charge in [0, 0.05) is 0 Å². The topological polar surface area (TPSA) is 20.7 Å². The quantitative estimate of drug-likeness (QED) is 0.677. The van der Waals surface area contributed by atoms with Gasteiger partial charge in [0.15, 0.2) is 4.77 Å². The standard InChI is InChI=1S/C15H11F3N2S/c16-15(17,18)11-6-2-1-5-10(11)9-20-13-8-4-3-7-12(13)19-14(20)21/h1-8H,9H2,(H,19,21). The van der Waals surface area contributed by atoms with Gasteiger partial charge in [-0.15, -0.1) is 0 Å². The normalized spacial score (nSPS) is 12.0. The first kappa shape index (κ1) is 13.9. The number of hydrogen-bond donors (Lipinski definition) is 1.